The molecule has 0 saturated heterocycles. The number of allylic oxidation sites excluding steroid dienone is 2. The summed E-state index contributed by atoms with van der Waals surface area (Å²) in [5.41, 5.74) is 1.85. The number of nitrogens with zero attached hydrogens (tertiary/aromatic N) is 3. The van der Waals surface area contributed by atoms with Crippen molar-refractivity contribution in [2.24, 2.45) is 7.05 Å². The van der Waals surface area contributed by atoms with E-state index in [1.165, 1.54) is 22.4 Å². The molecular weight excluding hydrogens is 426 g/mol. The van der Waals surface area contributed by atoms with Gasteiger partial charge in [0.25, 0.3) is 0 Å². The summed E-state index contributed by atoms with van der Waals surface area (Å²) in [6.45, 7) is -0.371. The number of aryl methyl sites for hydroxylation is 1. The smallest absolute Gasteiger partial charge is 0.329 e. The Balaban J connectivity index is 1.97. The van der Waals surface area contributed by atoms with Crippen molar-refractivity contribution in [1.29, 1.82) is 4.78 Å². The first-order valence-electron chi connectivity index (χ1n) is 9.66. The van der Waals surface area contributed by atoms with Gasteiger partial charge in [0, 0.05) is 18.9 Å². The molecule has 0 saturated carbocycles. The lowest BCUT2D eigenvalue weighted by Crippen LogP contribution is -2.24. The number of halogens is 2. The first-order chi connectivity index (χ1) is 14.6. The SMILES string of the molecule is COc1ncc2c(c1C1=CCCC1)n(Cc1c(F)cc([S@@](C)(=N)=O)cc1F)c(=O)n2C. The van der Waals surface area contributed by atoms with E-state index in [2.05, 4.69) is 11.1 Å². The third-order valence-electron chi connectivity index (χ3n) is 5.58. The van der Waals surface area contributed by atoms with Gasteiger partial charge in [0.05, 0.1) is 51.1 Å². The molecule has 164 valence electrons. The van der Waals surface area contributed by atoms with Crippen molar-refractivity contribution in [2.45, 2.75) is 30.7 Å². The Labute approximate surface area is 178 Å². The van der Waals surface area contributed by atoms with E-state index in [1.807, 2.05) is 0 Å². The van der Waals surface area contributed by atoms with Gasteiger partial charge in [0.1, 0.15) is 11.6 Å². The van der Waals surface area contributed by atoms with Crippen molar-refractivity contribution in [1.82, 2.24) is 14.1 Å². The second kappa shape index (κ2) is 7.60. The number of pyridine rings is 1. The lowest BCUT2D eigenvalue weighted by molar-refractivity contribution is 0.397. The molecule has 4 rings (SSSR count). The van der Waals surface area contributed by atoms with E-state index in [0.29, 0.717) is 22.5 Å². The van der Waals surface area contributed by atoms with Crippen molar-refractivity contribution < 1.29 is 17.7 Å². The fraction of sp³-hybridized carbons (Fsp3) is 0.333. The largest absolute Gasteiger partial charge is 0.480 e. The summed E-state index contributed by atoms with van der Waals surface area (Å²) >= 11 is 0. The first-order valence-corrected chi connectivity index (χ1v) is 11.6. The van der Waals surface area contributed by atoms with E-state index in [1.54, 1.807) is 7.05 Å². The standard InChI is InChI=1S/C21H22F2N4O3S/c1-26-17-10-25-20(30-2)18(12-6-4-5-7-12)19(17)27(21(26)28)11-14-15(22)8-13(9-16(14)23)31(3,24)29/h6,8-10,24H,4-5,7,11H2,1-3H3/t31-/m0/s1. The summed E-state index contributed by atoms with van der Waals surface area (Å²) in [5, 5.41) is 0. The van der Waals surface area contributed by atoms with Gasteiger partial charge in [-0.25, -0.2) is 27.5 Å². The lowest BCUT2D eigenvalue weighted by atomic mass is 10.0. The molecule has 1 aliphatic rings. The zero-order valence-corrected chi connectivity index (χ0v) is 18.2. The fourth-order valence-corrected chi connectivity index (χ4v) is 4.63. The first kappa shape index (κ1) is 21.2. The van der Waals surface area contributed by atoms with Gasteiger partial charge in [-0.05, 0) is 37.0 Å². The van der Waals surface area contributed by atoms with Gasteiger partial charge < -0.3 is 4.74 Å². The number of hydrogen-bond donors (Lipinski definition) is 1. The third-order valence-corrected chi connectivity index (χ3v) is 6.72. The molecule has 31 heavy (non-hydrogen) atoms. The summed E-state index contributed by atoms with van der Waals surface area (Å²) in [5.74, 6) is -1.57. The predicted octanol–water partition coefficient (Wildman–Crippen LogP) is 3.67. The molecule has 1 aliphatic carbocycles. The van der Waals surface area contributed by atoms with Crippen LogP contribution in [0.1, 0.15) is 30.4 Å². The normalized spacial score (nSPS) is 15.8. The van der Waals surface area contributed by atoms with E-state index in [4.69, 9.17) is 9.52 Å². The molecule has 10 heteroatoms. The molecule has 0 radical (unpaired) electrons. The van der Waals surface area contributed by atoms with E-state index < -0.39 is 27.1 Å². The summed E-state index contributed by atoms with van der Waals surface area (Å²) in [4.78, 5) is 17.1. The number of rotatable bonds is 5. The maximum atomic E-state index is 14.8. The van der Waals surface area contributed by atoms with Crippen LogP contribution in [0, 0.1) is 16.4 Å². The maximum Gasteiger partial charge on any atom is 0.329 e. The average molecular weight is 448 g/mol. The Morgan fingerprint density at radius 3 is 2.52 bits per heavy atom. The number of nitrogens with one attached hydrogen (secondary N) is 1. The second-order valence-corrected chi connectivity index (χ2v) is 9.79. The molecule has 1 atom stereocenters. The van der Waals surface area contributed by atoms with Crippen LogP contribution in [-0.4, -0.2) is 31.7 Å². The highest BCUT2D eigenvalue weighted by atomic mass is 32.2. The number of ether oxygens (including phenoxy) is 1. The van der Waals surface area contributed by atoms with Crippen molar-refractivity contribution in [2.75, 3.05) is 13.4 Å². The van der Waals surface area contributed by atoms with Gasteiger partial charge in [-0.2, -0.15) is 0 Å². The van der Waals surface area contributed by atoms with Gasteiger partial charge in [-0.3, -0.25) is 9.13 Å². The van der Waals surface area contributed by atoms with Crippen LogP contribution in [0.3, 0.4) is 0 Å². The Morgan fingerprint density at radius 2 is 1.97 bits per heavy atom. The van der Waals surface area contributed by atoms with Gasteiger partial charge >= 0.3 is 5.69 Å². The monoisotopic (exact) mass is 448 g/mol. The molecule has 0 bridgehead atoms. The van der Waals surface area contributed by atoms with Crippen molar-refractivity contribution in [3.8, 4) is 5.88 Å². The van der Waals surface area contributed by atoms with Crippen LogP contribution in [0.5, 0.6) is 5.88 Å². The Morgan fingerprint density at radius 1 is 1.29 bits per heavy atom. The number of methoxy groups -OCH3 is 1. The molecule has 3 aromatic rings. The molecule has 0 unspecified atom stereocenters. The number of benzene rings is 1. The minimum Gasteiger partial charge on any atom is -0.480 e. The van der Waals surface area contributed by atoms with Crippen LogP contribution in [0.15, 0.2) is 34.1 Å². The topological polar surface area (TPSA) is 90.0 Å². The maximum absolute atomic E-state index is 14.8. The number of fused-ring (bicyclic) bond motifs is 1. The summed E-state index contributed by atoms with van der Waals surface area (Å²) in [7, 11) is -0.228. The summed E-state index contributed by atoms with van der Waals surface area (Å²) in [6, 6.07) is 1.79. The molecule has 1 aromatic carbocycles. The van der Waals surface area contributed by atoms with Gasteiger partial charge in [0.2, 0.25) is 5.88 Å². The minimum absolute atomic E-state index is 0.237. The number of imidazole rings is 1. The van der Waals surface area contributed by atoms with E-state index in [0.717, 1.165) is 43.2 Å². The van der Waals surface area contributed by atoms with E-state index in [-0.39, 0.29) is 17.0 Å². The molecular formula is C21H22F2N4O3S. The van der Waals surface area contributed by atoms with Gasteiger partial charge in [0.15, 0.2) is 0 Å². The van der Waals surface area contributed by atoms with E-state index in [9.17, 15) is 17.8 Å². The molecule has 7 nitrogen and oxygen atoms in total. The second-order valence-electron chi connectivity index (χ2n) is 7.63. The quantitative estimate of drug-likeness (QED) is 0.645. The summed E-state index contributed by atoms with van der Waals surface area (Å²) in [6.07, 6.45) is 7.29. The third kappa shape index (κ3) is 3.54. The van der Waals surface area contributed by atoms with Crippen LogP contribution in [-0.2, 0) is 23.3 Å². The minimum atomic E-state index is -3.29. The molecule has 0 amide bonds. The predicted molar refractivity (Wildman–Crippen MR) is 114 cm³/mol. The van der Waals surface area contributed by atoms with Crippen LogP contribution in [0.4, 0.5) is 8.78 Å². The zero-order valence-electron chi connectivity index (χ0n) is 17.4. The van der Waals surface area contributed by atoms with Gasteiger partial charge in [-0.1, -0.05) is 6.08 Å². The average Bonchev–Trinajstić information content (AvgIpc) is 3.32. The molecule has 0 spiro atoms. The highest BCUT2D eigenvalue weighted by molar-refractivity contribution is 7.91. The zero-order chi connectivity index (χ0) is 22.5. The van der Waals surface area contributed by atoms with Crippen molar-refractivity contribution in [3.05, 3.63) is 57.7 Å². The molecule has 2 heterocycles. The van der Waals surface area contributed by atoms with Crippen LogP contribution >= 0.6 is 0 Å². The molecule has 0 fully saturated rings. The molecule has 1 N–H and O–H groups in total. The fourth-order valence-electron chi connectivity index (χ4n) is 3.98. The Bertz CT molecular complexity index is 1380. The Kier molecular flexibility index (Phi) is 5.20. The highest BCUT2D eigenvalue weighted by Gasteiger charge is 2.25. The number of aromatic nitrogens is 3. The molecule has 2 aromatic heterocycles. The highest BCUT2D eigenvalue weighted by Crippen LogP contribution is 2.37. The lowest BCUT2D eigenvalue weighted by Gasteiger charge is -2.14. The van der Waals surface area contributed by atoms with Crippen LogP contribution in [0.2, 0.25) is 0 Å². The van der Waals surface area contributed by atoms with Gasteiger partial charge in [-0.15, -0.1) is 0 Å². The summed E-state index contributed by atoms with van der Waals surface area (Å²) < 4.78 is 57.2. The van der Waals surface area contributed by atoms with Crippen LogP contribution < -0.4 is 10.4 Å². The molecule has 0 aliphatic heterocycles. The van der Waals surface area contributed by atoms with Crippen LogP contribution in [0.25, 0.3) is 16.6 Å². The number of hydrogen-bond acceptors (Lipinski definition) is 5. The van der Waals surface area contributed by atoms with Crippen molar-refractivity contribution in [3.63, 3.8) is 0 Å². The Hall–Kier alpha value is -3.01. The van der Waals surface area contributed by atoms with Crippen molar-refractivity contribution >= 4 is 26.3 Å². The van der Waals surface area contributed by atoms with E-state index >= 15 is 0 Å².